The molecule has 1 fully saturated rings. The van der Waals surface area contributed by atoms with Crippen LogP contribution >= 0.6 is 11.8 Å². The van der Waals surface area contributed by atoms with E-state index >= 15 is 0 Å². The SMILES string of the molecule is CCCCOCc1ccccc1C=NN=C1NC(=O)C(CC(=O)O)S1. The lowest BCUT2D eigenvalue weighted by atomic mass is 10.1. The number of carboxylic acids is 1. The third-order valence-electron chi connectivity index (χ3n) is 3.44. The van der Waals surface area contributed by atoms with Gasteiger partial charge in [-0.15, -0.1) is 5.10 Å². The van der Waals surface area contributed by atoms with Gasteiger partial charge in [-0.25, -0.2) is 0 Å². The number of nitrogens with one attached hydrogen (secondary N) is 1. The number of aliphatic carboxylic acids is 1. The lowest BCUT2D eigenvalue weighted by Crippen LogP contribution is -2.26. The highest BCUT2D eigenvalue weighted by Crippen LogP contribution is 2.22. The maximum absolute atomic E-state index is 11.6. The second kappa shape index (κ2) is 9.95. The van der Waals surface area contributed by atoms with Gasteiger partial charge in [0.2, 0.25) is 5.91 Å². The Kier molecular flexibility index (Phi) is 7.62. The van der Waals surface area contributed by atoms with Crippen LogP contribution in [0.3, 0.4) is 0 Å². The van der Waals surface area contributed by atoms with E-state index in [1.165, 1.54) is 0 Å². The summed E-state index contributed by atoms with van der Waals surface area (Å²) in [4.78, 5) is 22.3. The molecule has 2 rings (SSSR count). The monoisotopic (exact) mass is 363 g/mol. The van der Waals surface area contributed by atoms with Gasteiger partial charge in [-0.3, -0.25) is 9.59 Å². The van der Waals surface area contributed by atoms with Crippen LogP contribution in [-0.4, -0.2) is 40.2 Å². The smallest absolute Gasteiger partial charge is 0.305 e. The molecule has 25 heavy (non-hydrogen) atoms. The Morgan fingerprint density at radius 3 is 3.00 bits per heavy atom. The average molecular weight is 363 g/mol. The number of carbonyl (C=O) groups excluding carboxylic acids is 1. The second-order valence-corrected chi connectivity index (χ2v) is 6.64. The molecule has 2 N–H and O–H groups in total. The molecule has 8 heteroatoms. The predicted molar refractivity (Wildman–Crippen MR) is 97.8 cm³/mol. The molecular weight excluding hydrogens is 342 g/mol. The van der Waals surface area contributed by atoms with Crippen LogP contribution in [0.1, 0.15) is 37.3 Å². The van der Waals surface area contributed by atoms with Crippen molar-refractivity contribution in [1.29, 1.82) is 0 Å². The Morgan fingerprint density at radius 1 is 1.44 bits per heavy atom. The van der Waals surface area contributed by atoms with Gasteiger partial charge in [-0.05, 0) is 12.0 Å². The van der Waals surface area contributed by atoms with E-state index in [1.807, 2.05) is 24.3 Å². The summed E-state index contributed by atoms with van der Waals surface area (Å²) in [6, 6.07) is 7.72. The summed E-state index contributed by atoms with van der Waals surface area (Å²) in [7, 11) is 0. The van der Waals surface area contributed by atoms with Gasteiger partial charge in [0.25, 0.3) is 0 Å². The highest BCUT2D eigenvalue weighted by atomic mass is 32.2. The van der Waals surface area contributed by atoms with Crippen LogP contribution in [-0.2, 0) is 20.9 Å². The first-order valence-electron chi connectivity index (χ1n) is 8.06. The Morgan fingerprint density at radius 2 is 2.24 bits per heavy atom. The standard InChI is InChI=1S/C17H21N3O4S/c1-2-3-8-24-11-13-7-5-4-6-12(13)10-18-20-17-19-16(23)14(25-17)9-15(21)22/h4-7,10,14H,2-3,8-9,11H2,1H3,(H,21,22)(H,19,20,23). The van der Waals surface area contributed by atoms with Gasteiger partial charge in [-0.1, -0.05) is 49.4 Å². The molecule has 1 aromatic carbocycles. The number of amides is 1. The maximum Gasteiger partial charge on any atom is 0.305 e. The number of rotatable bonds is 9. The van der Waals surface area contributed by atoms with E-state index in [0.29, 0.717) is 11.8 Å². The van der Waals surface area contributed by atoms with E-state index in [1.54, 1.807) is 6.21 Å². The topological polar surface area (TPSA) is 100 Å². The van der Waals surface area contributed by atoms with Crippen LogP contribution < -0.4 is 5.32 Å². The van der Waals surface area contributed by atoms with Crippen LogP contribution in [0.25, 0.3) is 0 Å². The molecular formula is C17H21N3O4S. The zero-order valence-corrected chi connectivity index (χ0v) is 14.8. The maximum atomic E-state index is 11.6. The minimum absolute atomic E-state index is 0.239. The fourth-order valence-corrected chi connectivity index (χ4v) is 3.02. The quantitative estimate of drug-likeness (QED) is 0.399. The van der Waals surface area contributed by atoms with Gasteiger partial charge in [0, 0.05) is 12.2 Å². The average Bonchev–Trinajstić information content (AvgIpc) is 2.92. The second-order valence-electron chi connectivity index (χ2n) is 5.45. The Labute approximate surface area is 150 Å². The number of carboxylic acid groups (broad SMARTS) is 1. The molecule has 1 aliphatic rings. The normalized spacial score (nSPS) is 18.8. The number of nitrogens with zero attached hydrogens (tertiary/aromatic N) is 2. The first kappa shape index (κ1) is 19.1. The van der Waals surface area contributed by atoms with Crippen molar-refractivity contribution in [3.63, 3.8) is 0 Å². The van der Waals surface area contributed by atoms with E-state index in [4.69, 9.17) is 9.84 Å². The van der Waals surface area contributed by atoms with Crippen LogP contribution in [0.15, 0.2) is 34.5 Å². The number of hydrogen-bond acceptors (Lipinski definition) is 6. The minimum Gasteiger partial charge on any atom is -0.481 e. The first-order valence-corrected chi connectivity index (χ1v) is 8.94. The van der Waals surface area contributed by atoms with Crippen molar-refractivity contribution in [2.45, 2.75) is 38.0 Å². The summed E-state index contributed by atoms with van der Waals surface area (Å²) in [6.07, 6.45) is 3.48. The fourth-order valence-electron chi connectivity index (χ4n) is 2.11. The molecule has 0 aromatic heterocycles. The van der Waals surface area contributed by atoms with E-state index in [2.05, 4.69) is 22.4 Å². The van der Waals surface area contributed by atoms with Gasteiger partial charge in [0.1, 0.15) is 5.25 Å². The minimum atomic E-state index is -1.02. The van der Waals surface area contributed by atoms with E-state index in [0.717, 1.165) is 42.3 Å². The Bertz CT molecular complexity index is 676. The molecule has 1 unspecified atom stereocenters. The largest absolute Gasteiger partial charge is 0.481 e. The Balaban J connectivity index is 1.95. The van der Waals surface area contributed by atoms with Crippen LogP contribution in [0.2, 0.25) is 0 Å². The van der Waals surface area contributed by atoms with Crippen molar-refractivity contribution in [2.24, 2.45) is 10.2 Å². The molecule has 0 bridgehead atoms. The number of ether oxygens (including phenoxy) is 1. The van der Waals surface area contributed by atoms with Gasteiger partial charge < -0.3 is 15.2 Å². The molecule has 1 atom stereocenters. The van der Waals surface area contributed by atoms with Crippen LogP contribution in [0.5, 0.6) is 0 Å². The molecule has 1 saturated heterocycles. The number of amidine groups is 1. The van der Waals surface area contributed by atoms with Crippen LogP contribution in [0, 0.1) is 0 Å². The van der Waals surface area contributed by atoms with E-state index < -0.39 is 11.2 Å². The van der Waals surface area contributed by atoms with Crippen molar-refractivity contribution < 1.29 is 19.4 Å². The van der Waals surface area contributed by atoms with Crippen molar-refractivity contribution >= 4 is 35.0 Å². The molecule has 0 aliphatic carbocycles. The lowest BCUT2D eigenvalue weighted by Gasteiger charge is -2.06. The van der Waals surface area contributed by atoms with Gasteiger partial charge in [-0.2, -0.15) is 5.10 Å². The van der Waals surface area contributed by atoms with Crippen molar-refractivity contribution in [3.8, 4) is 0 Å². The fraction of sp³-hybridized carbons (Fsp3) is 0.412. The molecule has 0 saturated carbocycles. The number of benzene rings is 1. The molecule has 134 valence electrons. The highest BCUT2D eigenvalue weighted by molar-refractivity contribution is 8.15. The van der Waals surface area contributed by atoms with Crippen LogP contribution in [0.4, 0.5) is 0 Å². The molecule has 1 heterocycles. The summed E-state index contributed by atoms with van der Waals surface area (Å²) < 4.78 is 5.63. The van der Waals surface area contributed by atoms with Crippen molar-refractivity contribution in [1.82, 2.24) is 5.32 Å². The van der Waals surface area contributed by atoms with Gasteiger partial charge >= 0.3 is 5.97 Å². The van der Waals surface area contributed by atoms with Gasteiger partial charge in [0.15, 0.2) is 5.17 Å². The van der Waals surface area contributed by atoms with Gasteiger partial charge in [0.05, 0.1) is 19.2 Å². The number of unbranched alkanes of at least 4 members (excludes halogenated alkanes) is 1. The zero-order chi connectivity index (χ0) is 18.1. The number of thioether (sulfide) groups is 1. The summed E-state index contributed by atoms with van der Waals surface area (Å²) in [5, 5.41) is 18.9. The molecule has 1 amide bonds. The summed E-state index contributed by atoms with van der Waals surface area (Å²) in [5.41, 5.74) is 1.90. The third kappa shape index (κ3) is 6.32. The zero-order valence-electron chi connectivity index (χ0n) is 14.0. The molecule has 1 aromatic rings. The number of hydrogen-bond donors (Lipinski definition) is 2. The highest BCUT2D eigenvalue weighted by Gasteiger charge is 2.32. The van der Waals surface area contributed by atoms with Crippen molar-refractivity contribution in [2.75, 3.05) is 6.61 Å². The first-order chi connectivity index (χ1) is 12.1. The summed E-state index contributed by atoms with van der Waals surface area (Å²) in [6.45, 7) is 3.34. The van der Waals surface area contributed by atoms with Crippen molar-refractivity contribution in [3.05, 3.63) is 35.4 Å². The summed E-state index contributed by atoms with van der Waals surface area (Å²) >= 11 is 1.08. The third-order valence-corrected chi connectivity index (χ3v) is 4.51. The molecule has 7 nitrogen and oxygen atoms in total. The molecule has 0 spiro atoms. The molecule has 0 radical (unpaired) electrons. The summed E-state index contributed by atoms with van der Waals surface area (Å²) in [5.74, 6) is -1.37. The number of carbonyl (C=O) groups is 2. The predicted octanol–water partition coefficient (Wildman–Crippen LogP) is 2.40. The molecule has 1 aliphatic heterocycles. The van der Waals surface area contributed by atoms with E-state index in [-0.39, 0.29) is 12.3 Å². The lowest BCUT2D eigenvalue weighted by molar-refractivity contribution is -0.138. The Hall–Kier alpha value is -2.19. The van der Waals surface area contributed by atoms with E-state index in [9.17, 15) is 9.59 Å².